The minimum Gasteiger partial charge on any atom is -0.394 e. The quantitative estimate of drug-likeness (QED) is 0.762. The van der Waals surface area contributed by atoms with Crippen LogP contribution in [-0.4, -0.2) is 33.8 Å². The summed E-state index contributed by atoms with van der Waals surface area (Å²) in [5, 5.41) is 12.9. The molecular weight excluding hydrogens is 206 g/mol. The average Bonchev–Trinajstić information content (AvgIpc) is 2.07. The van der Waals surface area contributed by atoms with Crippen molar-refractivity contribution >= 4 is 11.8 Å². The minimum atomic E-state index is 0.0534. The van der Waals surface area contributed by atoms with Gasteiger partial charge in [-0.2, -0.15) is 11.8 Å². The maximum Gasteiger partial charge on any atom is 0.0613 e. The van der Waals surface area contributed by atoms with E-state index < -0.39 is 0 Å². The second kappa shape index (κ2) is 5.07. The van der Waals surface area contributed by atoms with Gasteiger partial charge in [-0.25, -0.2) is 0 Å². The monoisotopic (exact) mass is 231 g/mol. The lowest BCUT2D eigenvalue weighted by atomic mass is 9.77. The highest BCUT2D eigenvalue weighted by Crippen LogP contribution is 2.32. The molecule has 1 aliphatic rings. The van der Waals surface area contributed by atoms with Crippen LogP contribution in [0.5, 0.6) is 0 Å². The molecule has 1 atom stereocenters. The van der Waals surface area contributed by atoms with Crippen LogP contribution in [0.1, 0.15) is 47.0 Å². The normalized spacial score (nSPS) is 22.2. The molecule has 1 aliphatic carbocycles. The fraction of sp³-hybridized carbons (Fsp3) is 1.00. The topological polar surface area (TPSA) is 32.3 Å². The van der Waals surface area contributed by atoms with Crippen LogP contribution in [0.2, 0.25) is 0 Å². The van der Waals surface area contributed by atoms with Gasteiger partial charge in [0.05, 0.1) is 6.61 Å². The lowest BCUT2D eigenvalue weighted by Crippen LogP contribution is -2.57. The van der Waals surface area contributed by atoms with Gasteiger partial charge in [-0.15, -0.1) is 0 Å². The number of aliphatic hydroxyl groups is 1. The molecule has 0 aromatic carbocycles. The van der Waals surface area contributed by atoms with Crippen LogP contribution in [0.15, 0.2) is 0 Å². The van der Waals surface area contributed by atoms with Crippen LogP contribution in [0.4, 0.5) is 0 Å². The van der Waals surface area contributed by atoms with Crippen LogP contribution in [0.25, 0.3) is 0 Å². The Morgan fingerprint density at radius 1 is 1.40 bits per heavy atom. The van der Waals surface area contributed by atoms with Gasteiger partial charge in [0.25, 0.3) is 0 Å². The van der Waals surface area contributed by atoms with Crippen LogP contribution in [-0.2, 0) is 0 Å². The summed E-state index contributed by atoms with van der Waals surface area (Å²) in [6.07, 6.45) is 3.52. The first kappa shape index (κ1) is 13.3. The summed E-state index contributed by atoms with van der Waals surface area (Å²) in [6.45, 7) is 9.24. The van der Waals surface area contributed by atoms with Crippen molar-refractivity contribution in [2.24, 2.45) is 0 Å². The molecule has 1 rings (SSSR count). The smallest absolute Gasteiger partial charge is 0.0613 e. The van der Waals surface area contributed by atoms with E-state index in [4.69, 9.17) is 0 Å². The molecule has 3 heteroatoms. The molecule has 0 heterocycles. The second-order valence-electron chi connectivity index (χ2n) is 5.76. The van der Waals surface area contributed by atoms with Crippen molar-refractivity contribution in [1.29, 1.82) is 0 Å². The second-order valence-corrected chi connectivity index (χ2v) is 7.61. The van der Waals surface area contributed by atoms with Crippen molar-refractivity contribution in [3.8, 4) is 0 Å². The van der Waals surface area contributed by atoms with Gasteiger partial charge in [-0.3, -0.25) is 0 Å². The van der Waals surface area contributed by atoms with Crippen LogP contribution in [0.3, 0.4) is 0 Å². The van der Waals surface area contributed by atoms with E-state index in [1.165, 1.54) is 6.42 Å². The Kier molecular flexibility index (Phi) is 4.50. The van der Waals surface area contributed by atoms with E-state index in [1.54, 1.807) is 0 Å². The van der Waals surface area contributed by atoms with Gasteiger partial charge in [0.2, 0.25) is 0 Å². The van der Waals surface area contributed by atoms with Crippen molar-refractivity contribution < 1.29 is 5.11 Å². The number of aliphatic hydroxyl groups excluding tert-OH is 1. The van der Waals surface area contributed by atoms with Crippen molar-refractivity contribution in [2.45, 2.75) is 63.3 Å². The first-order valence-electron chi connectivity index (χ1n) is 5.89. The minimum absolute atomic E-state index is 0.0534. The molecular formula is C12H25NOS. The van der Waals surface area contributed by atoms with Crippen LogP contribution >= 0.6 is 11.8 Å². The summed E-state index contributed by atoms with van der Waals surface area (Å²) < 4.78 is 0.335. The molecule has 0 aliphatic heterocycles. The Hall–Kier alpha value is 0.270. The molecule has 2 nitrogen and oxygen atoms in total. The van der Waals surface area contributed by atoms with Gasteiger partial charge in [-0.05, 0) is 26.2 Å². The van der Waals surface area contributed by atoms with Gasteiger partial charge < -0.3 is 10.4 Å². The highest BCUT2D eigenvalue weighted by Gasteiger charge is 2.37. The molecule has 0 radical (unpaired) electrons. The van der Waals surface area contributed by atoms with Crippen molar-refractivity contribution in [3.63, 3.8) is 0 Å². The van der Waals surface area contributed by atoms with Gasteiger partial charge in [0.15, 0.2) is 0 Å². The zero-order valence-corrected chi connectivity index (χ0v) is 11.3. The van der Waals surface area contributed by atoms with E-state index in [0.717, 1.165) is 18.6 Å². The molecule has 15 heavy (non-hydrogen) atoms. The molecule has 1 saturated carbocycles. The Morgan fingerprint density at radius 2 is 2.00 bits per heavy atom. The molecule has 0 bridgehead atoms. The standard InChI is InChI=1S/C12H25NOS/c1-10(8-15-11(2,3)4)13-12(9-14)6-5-7-12/h10,13-14H,5-9H2,1-4H3. The van der Waals surface area contributed by atoms with Crippen LogP contribution < -0.4 is 5.32 Å². The lowest BCUT2D eigenvalue weighted by Gasteiger charge is -2.43. The first-order chi connectivity index (χ1) is 6.87. The van der Waals surface area contributed by atoms with Gasteiger partial charge >= 0.3 is 0 Å². The largest absolute Gasteiger partial charge is 0.394 e. The molecule has 0 saturated heterocycles. The highest BCUT2D eigenvalue weighted by atomic mass is 32.2. The zero-order valence-electron chi connectivity index (χ0n) is 10.5. The number of hydrogen-bond acceptors (Lipinski definition) is 3. The SMILES string of the molecule is CC(CSC(C)(C)C)NC1(CO)CCC1. The van der Waals surface area contributed by atoms with E-state index in [9.17, 15) is 5.11 Å². The van der Waals surface area contributed by atoms with E-state index in [1.807, 2.05) is 11.8 Å². The first-order valence-corrected chi connectivity index (χ1v) is 6.88. The number of rotatable bonds is 5. The molecule has 1 fully saturated rings. The van der Waals surface area contributed by atoms with Crippen molar-refractivity contribution in [2.75, 3.05) is 12.4 Å². The van der Waals surface area contributed by atoms with E-state index >= 15 is 0 Å². The molecule has 0 spiro atoms. The van der Waals surface area contributed by atoms with Gasteiger partial charge in [0, 0.05) is 22.1 Å². The van der Waals surface area contributed by atoms with Gasteiger partial charge in [0.1, 0.15) is 0 Å². The Bertz CT molecular complexity index is 191. The van der Waals surface area contributed by atoms with E-state index in [2.05, 4.69) is 33.0 Å². The molecule has 90 valence electrons. The summed E-state index contributed by atoms with van der Waals surface area (Å²) in [5.41, 5.74) is 0.0534. The zero-order chi connectivity index (χ0) is 11.5. The average molecular weight is 231 g/mol. The third-order valence-corrected chi connectivity index (χ3v) is 4.46. The highest BCUT2D eigenvalue weighted by molar-refractivity contribution is 8.00. The van der Waals surface area contributed by atoms with Crippen molar-refractivity contribution in [3.05, 3.63) is 0 Å². The Labute approximate surface area is 98.2 Å². The lowest BCUT2D eigenvalue weighted by molar-refractivity contribution is 0.0814. The van der Waals surface area contributed by atoms with E-state index in [-0.39, 0.29) is 12.1 Å². The Morgan fingerprint density at radius 3 is 2.33 bits per heavy atom. The third kappa shape index (κ3) is 4.33. The summed E-state index contributed by atoms with van der Waals surface area (Å²) in [5.74, 6) is 1.12. The fourth-order valence-electron chi connectivity index (χ4n) is 1.89. The van der Waals surface area contributed by atoms with Crippen LogP contribution in [0, 0.1) is 0 Å². The predicted molar refractivity (Wildman–Crippen MR) is 68.5 cm³/mol. The number of hydrogen-bond donors (Lipinski definition) is 2. The summed E-state index contributed by atoms with van der Waals surface area (Å²) >= 11 is 1.98. The molecule has 0 aromatic rings. The molecule has 1 unspecified atom stereocenters. The van der Waals surface area contributed by atoms with Crippen molar-refractivity contribution in [1.82, 2.24) is 5.32 Å². The number of nitrogens with one attached hydrogen (secondary N) is 1. The van der Waals surface area contributed by atoms with Gasteiger partial charge in [-0.1, -0.05) is 20.8 Å². The maximum absolute atomic E-state index is 9.34. The summed E-state index contributed by atoms with van der Waals surface area (Å²) in [7, 11) is 0. The fourth-order valence-corrected chi connectivity index (χ4v) is 2.72. The molecule has 0 aromatic heterocycles. The summed E-state index contributed by atoms with van der Waals surface area (Å²) in [4.78, 5) is 0. The molecule has 2 N–H and O–H groups in total. The Balaban J connectivity index is 2.26. The third-order valence-electron chi connectivity index (χ3n) is 2.93. The summed E-state index contributed by atoms with van der Waals surface area (Å²) in [6, 6.07) is 0.488. The van der Waals surface area contributed by atoms with E-state index in [0.29, 0.717) is 10.8 Å². The maximum atomic E-state index is 9.34. The molecule has 0 amide bonds. The number of thioether (sulfide) groups is 1. The predicted octanol–water partition coefficient (Wildman–Crippen LogP) is 2.41.